The molecule has 0 amide bonds. The Hall–Kier alpha value is -0.440. The predicted octanol–water partition coefficient (Wildman–Crippen LogP) is 1.73. The number of hydrogen-bond donors (Lipinski definition) is 0. The third-order valence-corrected chi connectivity index (χ3v) is 2.79. The fourth-order valence-electron chi connectivity index (χ4n) is 1.59. The maximum absolute atomic E-state index is 13.6. The van der Waals surface area contributed by atoms with E-state index in [0.29, 0.717) is 26.1 Å². The van der Waals surface area contributed by atoms with Gasteiger partial charge in [0.05, 0.1) is 5.41 Å². The summed E-state index contributed by atoms with van der Waals surface area (Å²) in [7, 11) is 0. The number of rotatable bonds is 2. The molecule has 70 valence electrons. The molecule has 0 radical (unpaired) electrons. The second kappa shape index (κ2) is 3.13. The van der Waals surface area contributed by atoms with E-state index in [2.05, 4.69) is 0 Å². The molecule has 1 saturated heterocycles. The van der Waals surface area contributed by atoms with E-state index in [-0.39, 0.29) is 0 Å². The lowest BCUT2D eigenvalue weighted by atomic mass is 9.71. The largest absolute Gasteiger partial charge is 0.381 e. The molecule has 0 atom stereocenters. The number of halogens is 1. The van der Waals surface area contributed by atoms with E-state index in [1.807, 2.05) is 0 Å². The topological polar surface area (TPSA) is 26.3 Å². The van der Waals surface area contributed by atoms with Crippen LogP contribution in [0.4, 0.5) is 4.39 Å². The average Bonchev–Trinajstić information content (AvgIpc) is 2.04. The van der Waals surface area contributed by atoms with E-state index in [4.69, 9.17) is 4.74 Å². The van der Waals surface area contributed by atoms with E-state index in [9.17, 15) is 9.18 Å². The lowest BCUT2D eigenvalue weighted by molar-refractivity contribution is -0.134. The van der Waals surface area contributed by atoms with Gasteiger partial charge in [-0.1, -0.05) is 0 Å². The summed E-state index contributed by atoms with van der Waals surface area (Å²) in [4.78, 5) is 10.8. The summed E-state index contributed by atoms with van der Waals surface area (Å²) in [6.45, 7) is 3.91. The number of aldehydes is 1. The van der Waals surface area contributed by atoms with Crippen molar-refractivity contribution in [1.82, 2.24) is 0 Å². The van der Waals surface area contributed by atoms with Gasteiger partial charge in [0.15, 0.2) is 0 Å². The van der Waals surface area contributed by atoms with E-state index < -0.39 is 11.1 Å². The molecule has 12 heavy (non-hydrogen) atoms. The van der Waals surface area contributed by atoms with Gasteiger partial charge in [0.2, 0.25) is 0 Å². The maximum Gasteiger partial charge on any atom is 0.129 e. The predicted molar refractivity (Wildman–Crippen MR) is 43.7 cm³/mol. The zero-order valence-electron chi connectivity index (χ0n) is 7.60. The molecule has 0 aliphatic carbocycles. The van der Waals surface area contributed by atoms with E-state index in [1.54, 1.807) is 0 Å². The first kappa shape index (κ1) is 9.65. The van der Waals surface area contributed by atoms with Gasteiger partial charge in [-0.05, 0) is 26.7 Å². The minimum absolute atomic E-state index is 0.492. The molecule has 0 unspecified atom stereocenters. The highest BCUT2D eigenvalue weighted by molar-refractivity contribution is 5.61. The standard InChI is InChI=1S/C9H15FO2/c1-8(2,10)9(7-11)3-5-12-6-4-9/h7H,3-6H2,1-2H3. The quantitative estimate of drug-likeness (QED) is 0.596. The fourth-order valence-corrected chi connectivity index (χ4v) is 1.59. The van der Waals surface area contributed by atoms with Crippen molar-refractivity contribution in [3.8, 4) is 0 Å². The van der Waals surface area contributed by atoms with Gasteiger partial charge in [0.25, 0.3) is 0 Å². The Morgan fingerprint density at radius 3 is 2.17 bits per heavy atom. The highest BCUT2D eigenvalue weighted by atomic mass is 19.1. The summed E-state index contributed by atoms with van der Waals surface area (Å²) in [6.07, 6.45) is 1.76. The zero-order valence-corrected chi connectivity index (χ0v) is 7.60. The van der Waals surface area contributed by atoms with Crippen molar-refractivity contribution in [1.29, 1.82) is 0 Å². The summed E-state index contributed by atoms with van der Waals surface area (Å²) in [6, 6.07) is 0. The van der Waals surface area contributed by atoms with E-state index in [0.717, 1.165) is 6.29 Å². The van der Waals surface area contributed by atoms with Crippen LogP contribution >= 0.6 is 0 Å². The molecule has 1 rings (SSSR count). The van der Waals surface area contributed by atoms with Crippen LogP contribution in [-0.4, -0.2) is 25.2 Å². The molecule has 0 aromatic heterocycles. The molecule has 1 fully saturated rings. The minimum Gasteiger partial charge on any atom is -0.381 e. The smallest absolute Gasteiger partial charge is 0.129 e. The van der Waals surface area contributed by atoms with Gasteiger partial charge in [0.1, 0.15) is 12.0 Å². The Morgan fingerprint density at radius 2 is 1.92 bits per heavy atom. The lowest BCUT2D eigenvalue weighted by Gasteiger charge is -2.39. The van der Waals surface area contributed by atoms with Crippen molar-refractivity contribution in [3.63, 3.8) is 0 Å². The van der Waals surface area contributed by atoms with Gasteiger partial charge in [0, 0.05) is 13.2 Å². The first-order chi connectivity index (χ1) is 5.52. The van der Waals surface area contributed by atoms with Crippen LogP contribution in [0.2, 0.25) is 0 Å². The molecule has 0 N–H and O–H groups in total. The van der Waals surface area contributed by atoms with Crippen LogP contribution in [0.15, 0.2) is 0 Å². The van der Waals surface area contributed by atoms with Crippen molar-refractivity contribution < 1.29 is 13.9 Å². The summed E-state index contributed by atoms with van der Waals surface area (Å²) >= 11 is 0. The summed E-state index contributed by atoms with van der Waals surface area (Å²) in [5.74, 6) is 0. The summed E-state index contributed by atoms with van der Waals surface area (Å²) in [5, 5.41) is 0. The average molecular weight is 174 g/mol. The van der Waals surface area contributed by atoms with Crippen LogP contribution in [0, 0.1) is 5.41 Å². The normalized spacial score (nSPS) is 23.6. The second-order valence-corrected chi connectivity index (χ2v) is 3.86. The molecule has 1 aliphatic rings. The molecule has 2 nitrogen and oxygen atoms in total. The first-order valence-electron chi connectivity index (χ1n) is 4.25. The van der Waals surface area contributed by atoms with Crippen molar-refractivity contribution in [2.75, 3.05) is 13.2 Å². The maximum atomic E-state index is 13.6. The molecule has 1 aliphatic heterocycles. The molecule has 0 saturated carbocycles. The van der Waals surface area contributed by atoms with Crippen LogP contribution in [0.25, 0.3) is 0 Å². The van der Waals surface area contributed by atoms with Crippen molar-refractivity contribution in [3.05, 3.63) is 0 Å². The molecule has 0 spiro atoms. The number of alkyl halides is 1. The minimum atomic E-state index is -1.43. The number of carbonyl (C=O) groups is 1. The van der Waals surface area contributed by atoms with E-state index >= 15 is 0 Å². The molecule has 0 bridgehead atoms. The van der Waals surface area contributed by atoms with Crippen molar-refractivity contribution in [2.45, 2.75) is 32.4 Å². The third-order valence-electron chi connectivity index (χ3n) is 2.79. The fraction of sp³-hybridized carbons (Fsp3) is 0.889. The van der Waals surface area contributed by atoms with Crippen molar-refractivity contribution >= 4 is 6.29 Å². The molecular formula is C9H15FO2. The highest BCUT2D eigenvalue weighted by Crippen LogP contribution is 2.41. The van der Waals surface area contributed by atoms with Crippen LogP contribution < -0.4 is 0 Å². The Morgan fingerprint density at radius 1 is 1.42 bits per heavy atom. The van der Waals surface area contributed by atoms with Gasteiger partial charge >= 0.3 is 0 Å². The summed E-state index contributed by atoms with van der Waals surface area (Å²) < 4.78 is 18.7. The number of ether oxygens (including phenoxy) is 1. The van der Waals surface area contributed by atoms with Gasteiger partial charge < -0.3 is 9.53 Å². The summed E-state index contributed by atoms with van der Waals surface area (Å²) in [5.41, 5.74) is -2.25. The monoisotopic (exact) mass is 174 g/mol. The number of carbonyl (C=O) groups excluding carboxylic acids is 1. The molecule has 0 aromatic carbocycles. The molecule has 0 aromatic rings. The Labute approximate surface area is 72.1 Å². The van der Waals surface area contributed by atoms with E-state index in [1.165, 1.54) is 13.8 Å². The lowest BCUT2D eigenvalue weighted by Crippen LogP contribution is -2.45. The van der Waals surface area contributed by atoms with Gasteiger partial charge in [-0.3, -0.25) is 0 Å². The molecule has 3 heteroatoms. The second-order valence-electron chi connectivity index (χ2n) is 3.86. The van der Waals surface area contributed by atoms with Gasteiger partial charge in [-0.15, -0.1) is 0 Å². The van der Waals surface area contributed by atoms with Crippen LogP contribution in [-0.2, 0) is 9.53 Å². The first-order valence-corrected chi connectivity index (χ1v) is 4.25. The Balaban J connectivity index is 2.80. The Bertz CT molecular complexity index is 166. The molecular weight excluding hydrogens is 159 g/mol. The van der Waals surface area contributed by atoms with Gasteiger partial charge in [-0.25, -0.2) is 4.39 Å². The van der Waals surface area contributed by atoms with Crippen LogP contribution in [0.3, 0.4) is 0 Å². The Kier molecular flexibility index (Phi) is 2.52. The van der Waals surface area contributed by atoms with Crippen LogP contribution in [0.5, 0.6) is 0 Å². The van der Waals surface area contributed by atoms with Crippen molar-refractivity contribution in [2.24, 2.45) is 5.41 Å². The third kappa shape index (κ3) is 1.51. The molecule has 1 heterocycles. The SMILES string of the molecule is CC(C)(F)C1(C=O)CCOCC1. The number of hydrogen-bond acceptors (Lipinski definition) is 2. The highest BCUT2D eigenvalue weighted by Gasteiger charge is 2.46. The van der Waals surface area contributed by atoms with Gasteiger partial charge in [-0.2, -0.15) is 0 Å². The zero-order chi connectivity index (χ0) is 9.24. The van der Waals surface area contributed by atoms with Crippen LogP contribution in [0.1, 0.15) is 26.7 Å².